The van der Waals surface area contributed by atoms with Gasteiger partial charge in [0.15, 0.2) is 5.75 Å². The molecule has 21 nitrogen and oxygen atoms in total. The van der Waals surface area contributed by atoms with Crippen molar-refractivity contribution < 1.29 is 53.9 Å². The number of methoxy groups -OCH3 is 1. The van der Waals surface area contributed by atoms with Crippen LogP contribution in [0, 0.1) is 0 Å². The molecule has 0 heterocycles. The molecule has 6 aromatic carbocycles. The average Bonchev–Trinajstić information content (AvgIpc) is 3.16. The standard InChI is InChI=1S/C35H29N9O12S3/c1-56-24-4-2-3-22(16-24)40-44-34-30(59(53,54)55)14-18-13-29(58(50,51)52)33(32(37)31(18)35(34)46)43-41-23-10-12-26(28(17-23)57(47,48)49)38-20-6-8-21(9-7-20)39-42-25-11-5-19(36)15-27(25)45/h2-17,38,45-46H,36-37H2,1H3,(H,47,48,49)(H,50,51,52)(H,53,54,55)/b42-39+,43-41+,44-40+. The van der Waals surface area contributed by atoms with Crippen molar-refractivity contribution in [3.8, 4) is 17.2 Å². The lowest BCUT2D eigenvalue weighted by atomic mass is 10.1. The van der Waals surface area contributed by atoms with E-state index in [4.69, 9.17) is 16.2 Å². The molecule has 0 amide bonds. The van der Waals surface area contributed by atoms with Gasteiger partial charge < -0.3 is 31.7 Å². The number of fused-ring (bicyclic) bond motifs is 1. The number of benzene rings is 6. The van der Waals surface area contributed by atoms with Crippen molar-refractivity contribution in [2.75, 3.05) is 23.9 Å². The number of nitrogens with zero attached hydrogens (tertiary/aromatic N) is 6. The third-order valence-electron chi connectivity index (χ3n) is 8.12. The summed E-state index contributed by atoms with van der Waals surface area (Å²) >= 11 is 0. The highest BCUT2D eigenvalue weighted by Gasteiger charge is 2.28. The normalized spacial score (nSPS) is 12.5. The molecule has 59 heavy (non-hydrogen) atoms. The highest BCUT2D eigenvalue weighted by Crippen LogP contribution is 2.48. The summed E-state index contributed by atoms with van der Waals surface area (Å²) in [6.07, 6.45) is 0. The van der Waals surface area contributed by atoms with Crippen LogP contribution >= 0.6 is 0 Å². The second-order valence-corrected chi connectivity index (χ2v) is 16.3. The number of rotatable bonds is 12. The predicted octanol–water partition coefficient (Wildman–Crippen LogP) is 8.15. The highest BCUT2D eigenvalue weighted by atomic mass is 32.2. The Balaban J connectivity index is 1.38. The van der Waals surface area contributed by atoms with E-state index in [0.29, 0.717) is 28.9 Å². The molecule has 304 valence electrons. The molecule has 0 spiro atoms. The molecule has 0 atom stereocenters. The van der Waals surface area contributed by atoms with E-state index in [1.807, 2.05) is 0 Å². The van der Waals surface area contributed by atoms with Crippen LogP contribution in [0.5, 0.6) is 17.2 Å². The van der Waals surface area contributed by atoms with Gasteiger partial charge in [0.1, 0.15) is 43.2 Å². The summed E-state index contributed by atoms with van der Waals surface area (Å²) in [6, 6.07) is 21.1. The summed E-state index contributed by atoms with van der Waals surface area (Å²) in [5.41, 5.74) is 10.5. The van der Waals surface area contributed by atoms with E-state index < -0.39 is 78.6 Å². The van der Waals surface area contributed by atoms with Gasteiger partial charge in [0.25, 0.3) is 30.4 Å². The van der Waals surface area contributed by atoms with E-state index >= 15 is 0 Å². The van der Waals surface area contributed by atoms with Gasteiger partial charge in [-0.15, -0.1) is 15.3 Å². The smallest absolute Gasteiger partial charge is 0.296 e. The third-order valence-corrected chi connectivity index (χ3v) is 10.7. The van der Waals surface area contributed by atoms with Crippen molar-refractivity contribution >= 4 is 98.0 Å². The largest absolute Gasteiger partial charge is 0.506 e. The van der Waals surface area contributed by atoms with Gasteiger partial charge in [0, 0.05) is 23.5 Å². The Morgan fingerprint density at radius 2 is 1.17 bits per heavy atom. The number of ether oxygens (including phenoxy) is 1. The van der Waals surface area contributed by atoms with Crippen LogP contribution in [0.4, 0.5) is 56.9 Å². The van der Waals surface area contributed by atoms with Gasteiger partial charge in [-0.05, 0) is 84.2 Å². The van der Waals surface area contributed by atoms with Gasteiger partial charge in [-0.2, -0.15) is 40.6 Å². The van der Waals surface area contributed by atoms with Gasteiger partial charge >= 0.3 is 0 Å². The van der Waals surface area contributed by atoms with Crippen LogP contribution in [0.25, 0.3) is 10.8 Å². The number of nitrogens with two attached hydrogens (primary N) is 2. The van der Waals surface area contributed by atoms with Gasteiger partial charge in [0.05, 0.1) is 40.9 Å². The zero-order valence-electron chi connectivity index (χ0n) is 29.9. The van der Waals surface area contributed by atoms with Gasteiger partial charge in [-0.1, -0.05) is 6.07 Å². The molecule has 6 rings (SSSR count). The first-order valence-corrected chi connectivity index (χ1v) is 20.6. The lowest BCUT2D eigenvalue weighted by Gasteiger charge is -2.14. The van der Waals surface area contributed by atoms with E-state index in [9.17, 15) is 49.1 Å². The number of phenols is 2. The SMILES string of the molecule is COc1cccc(/N=N/c2c(S(=O)(=O)O)cc3cc(S(=O)(=O)O)c(/N=N/c4ccc(Nc5ccc(/N=N/c6ccc(N)cc6O)cc5)c(S(=O)(=O)O)c4)c(N)c3c2O)c1. The number of phenolic OH excluding ortho intramolecular Hbond substituents is 2. The van der Waals surface area contributed by atoms with Crippen molar-refractivity contribution in [2.24, 2.45) is 30.7 Å². The molecule has 0 saturated carbocycles. The van der Waals surface area contributed by atoms with E-state index in [-0.39, 0.29) is 28.5 Å². The molecule has 10 N–H and O–H groups in total. The molecule has 0 aliphatic rings. The summed E-state index contributed by atoms with van der Waals surface area (Å²) in [5, 5.41) is 46.6. The Kier molecular flexibility index (Phi) is 11.3. The van der Waals surface area contributed by atoms with E-state index in [1.165, 1.54) is 73.8 Å². The zero-order chi connectivity index (χ0) is 42.9. The monoisotopic (exact) mass is 863 g/mol. The van der Waals surface area contributed by atoms with Crippen molar-refractivity contribution in [1.82, 2.24) is 0 Å². The molecule has 24 heteroatoms. The fraction of sp³-hybridized carbons (Fsp3) is 0.0286. The molecule has 0 aliphatic carbocycles. The molecule has 0 bridgehead atoms. The lowest BCUT2D eigenvalue weighted by molar-refractivity contribution is 0.415. The van der Waals surface area contributed by atoms with Crippen LogP contribution in [0.15, 0.2) is 142 Å². The van der Waals surface area contributed by atoms with Crippen LogP contribution in [0.2, 0.25) is 0 Å². The molecular weight excluding hydrogens is 835 g/mol. The number of nitrogens with one attached hydrogen (secondary N) is 1. The number of azo groups is 3. The van der Waals surface area contributed by atoms with Crippen LogP contribution in [0.1, 0.15) is 0 Å². The Morgan fingerprint density at radius 1 is 0.593 bits per heavy atom. The number of aromatic hydroxyl groups is 2. The Hall–Kier alpha value is -7.09. The number of anilines is 4. The Labute approximate surface area is 334 Å². The second-order valence-electron chi connectivity index (χ2n) is 12.1. The Morgan fingerprint density at radius 3 is 1.78 bits per heavy atom. The third kappa shape index (κ3) is 9.39. The number of hydrogen-bond acceptors (Lipinski definition) is 18. The van der Waals surface area contributed by atoms with E-state index in [0.717, 1.165) is 12.1 Å². The fourth-order valence-corrected chi connectivity index (χ4v) is 7.38. The second kappa shape index (κ2) is 16.0. The minimum absolute atomic E-state index is 0.133. The quantitative estimate of drug-likeness (QED) is 0.0327. The zero-order valence-corrected chi connectivity index (χ0v) is 32.3. The van der Waals surface area contributed by atoms with Gasteiger partial charge in [-0.3, -0.25) is 13.7 Å². The molecule has 0 aromatic heterocycles. The predicted molar refractivity (Wildman–Crippen MR) is 214 cm³/mol. The maximum absolute atomic E-state index is 12.5. The molecule has 6 aromatic rings. The first-order valence-electron chi connectivity index (χ1n) is 16.3. The number of nitrogen functional groups attached to an aromatic ring is 2. The Bertz CT molecular complexity index is 3090. The van der Waals surface area contributed by atoms with Gasteiger partial charge in [-0.25, -0.2) is 0 Å². The first kappa shape index (κ1) is 41.5. The van der Waals surface area contributed by atoms with Gasteiger partial charge in [0.2, 0.25) is 0 Å². The maximum Gasteiger partial charge on any atom is 0.296 e. The topological polar surface area (TPSA) is 351 Å². The summed E-state index contributed by atoms with van der Waals surface area (Å²) in [4.78, 5) is -2.73. The summed E-state index contributed by atoms with van der Waals surface area (Å²) in [7, 11) is -14.0. The molecule has 0 radical (unpaired) electrons. The van der Waals surface area contributed by atoms with Crippen LogP contribution < -0.4 is 21.5 Å². The molecule has 0 saturated heterocycles. The first-order chi connectivity index (χ1) is 27.7. The van der Waals surface area contributed by atoms with Crippen LogP contribution in [0.3, 0.4) is 0 Å². The lowest BCUT2D eigenvalue weighted by Crippen LogP contribution is -2.04. The van der Waals surface area contributed by atoms with E-state index in [1.54, 1.807) is 12.1 Å². The van der Waals surface area contributed by atoms with Crippen molar-refractivity contribution in [3.05, 3.63) is 97.1 Å². The van der Waals surface area contributed by atoms with E-state index in [2.05, 4.69) is 36.0 Å². The fourth-order valence-electron chi connectivity index (χ4n) is 5.39. The summed E-state index contributed by atoms with van der Waals surface area (Å²) in [5.74, 6) is -0.823. The summed E-state index contributed by atoms with van der Waals surface area (Å²) < 4.78 is 110. The van der Waals surface area contributed by atoms with Crippen molar-refractivity contribution in [2.45, 2.75) is 14.7 Å². The highest BCUT2D eigenvalue weighted by molar-refractivity contribution is 7.86. The average molecular weight is 864 g/mol. The minimum atomic E-state index is -5.23. The van der Waals surface area contributed by atoms with Crippen molar-refractivity contribution in [1.29, 1.82) is 0 Å². The van der Waals surface area contributed by atoms with Crippen LogP contribution in [-0.4, -0.2) is 56.2 Å². The van der Waals surface area contributed by atoms with Crippen molar-refractivity contribution in [3.63, 3.8) is 0 Å². The molecule has 0 fully saturated rings. The molecular formula is C35H29N9O12S3. The molecule has 0 aliphatic heterocycles. The maximum atomic E-state index is 12.5. The minimum Gasteiger partial charge on any atom is -0.506 e. The molecule has 0 unspecified atom stereocenters. The van der Waals surface area contributed by atoms with Crippen LogP contribution in [-0.2, 0) is 30.4 Å². The number of hydrogen-bond donors (Lipinski definition) is 8. The summed E-state index contributed by atoms with van der Waals surface area (Å²) in [6.45, 7) is 0.